The Labute approximate surface area is 212 Å². The molecular weight excluding hydrogens is 448 g/mol. The first-order valence-electron chi connectivity index (χ1n) is 12.0. The minimum atomic E-state index is -2.01. The van der Waals surface area contributed by atoms with Gasteiger partial charge in [-0.25, -0.2) is 0 Å². The molecule has 0 saturated carbocycles. The maximum absolute atomic E-state index is 14.2. The highest BCUT2D eigenvalue weighted by Crippen LogP contribution is 2.60. The summed E-state index contributed by atoms with van der Waals surface area (Å²) in [5.74, 6) is -0.885. The monoisotopic (exact) mass is 478 g/mol. The first-order valence-corrected chi connectivity index (χ1v) is 12.0. The number of ketones is 1. The average molecular weight is 479 g/mol. The smallest absolute Gasteiger partial charge is 0.245 e. The number of carbonyl (C=O) groups is 2. The second kappa shape index (κ2) is 8.28. The van der Waals surface area contributed by atoms with Crippen molar-refractivity contribution < 1.29 is 9.59 Å². The van der Waals surface area contributed by atoms with Crippen LogP contribution in [-0.2, 0) is 10.2 Å². The second-order valence-corrected chi connectivity index (χ2v) is 11.4. The standard InChI is InChI=1S/C30H30N4O2/c1-27(2,3)17-28(4,5)33-24-16-22(25(35)20-12-8-7-9-13-20)30(29(24,18-31)19-32)21-14-10-11-15-23(21)34(6)26(30)36/h7-16H,17H2,1-6H3/t30-/m0/s1. The minimum Gasteiger partial charge on any atom is -0.314 e. The van der Waals surface area contributed by atoms with E-state index < -0.39 is 28.1 Å². The zero-order valence-electron chi connectivity index (χ0n) is 21.6. The largest absolute Gasteiger partial charge is 0.314 e. The Morgan fingerprint density at radius 1 is 0.972 bits per heavy atom. The third kappa shape index (κ3) is 3.48. The van der Waals surface area contributed by atoms with Crippen molar-refractivity contribution in [3.63, 3.8) is 0 Å². The lowest BCUT2D eigenvalue weighted by molar-refractivity contribution is -0.122. The lowest BCUT2D eigenvalue weighted by Crippen LogP contribution is -2.53. The number of Topliss-reactive ketones (excluding diaryl/α,β-unsaturated/α-hetero) is 1. The van der Waals surface area contributed by atoms with Crippen LogP contribution in [0.1, 0.15) is 57.0 Å². The number of nitrogens with zero attached hydrogens (tertiary/aromatic N) is 4. The van der Waals surface area contributed by atoms with E-state index in [1.54, 1.807) is 61.6 Å². The van der Waals surface area contributed by atoms with Crippen LogP contribution in [0, 0.1) is 33.5 Å². The summed E-state index contributed by atoms with van der Waals surface area (Å²) in [6.45, 7) is 10.2. The lowest BCUT2D eigenvalue weighted by Gasteiger charge is -2.36. The van der Waals surface area contributed by atoms with Crippen molar-refractivity contribution in [3.05, 3.63) is 77.4 Å². The molecule has 0 bridgehead atoms. The summed E-state index contributed by atoms with van der Waals surface area (Å²) in [5, 5.41) is 21.3. The van der Waals surface area contributed by atoms with Gasteiger partial charge in [-0.15, -0.1) is 0 Å². The molecule has 182 valence electrons. The molecule has 0 fully saturated rings. The summed E-state index contributed by atoms with van der Waals surface area (Å²) < 4.78 is 0. The summed E-state index contributed by atoms with van der Waals surface area (Å²) in [7, 11) is 1.61. The Morgan fingerprint density at radius 2 is 1.56 bits per heavy atom. The molecule has 1 aliphatic heterocycles. The summed E-state index contributed by atoms with van der Waals surface area (Å²) >= 11 is 0. The summed E-state index contributed by atoms with van der Waals surface area (Å²) in [5.41, 5.74) is -2.90. The number of rotatable bonds is 4. The Balaban J connectivity index is 2.09. The molecule has 1 atom stereocenters. The fourth-order valence-electron chi connectivity index (χ4n) is 6.00. The fourth-order valence-corrected chi connectivity index (χ4v) is 6.00. The van der Waals surface area contributed by atoms with Gasteiger partial charge in [-0.2, -0.15) is 10.5 Å². The Bertz CT molecular complexity index is 1380. The molecule has 0 saturated heterocycles. The van der Waals surface area contributed by atoms with E-state index >= 15 is 0 Å². The van der Waals surface area contributed by atoms with E-state index in [9.17, 15) is 20.1 Å². The number of hydrogen-bond donors (Lipinski definition) is 0. The van der Waals surface area contributed by atoms with Gasteiger partial charge in [-0.05, 0) is 43.4 Å². The van der Waals surface area contributed by atoms with Gasteiger partial charge in [0, 0.05) is 23.9 Å². The molecule has 2 aliphatic rings. The number of likely N-dealkylation sites (N-methyl/N-ethyl adjacent to an activating group) is 1. The molecule has 0 unspecified atom stereocenters. The van der Waals surface area contributed by atoms with E-state index in [4.69, 9.17) is 4.99 Å². The first-order chi connectivity index (χ1) is 16.8. The van der Waals surface area contributed by atoms with Gasteiger partial charge >= 0.3 is 0 Å². The number of benzene rings is 2. The van der Waals surface area contributed by atoms with Crippen LogP contribution >= 0.6 is 0 Å². The predicted molar refractivity (Wildman–Crippen MR) is 140 cm³/mol. The Kier molecular flexibility index (Phi) is 5.77. The molecule has 1 heterocycles. The average Bonchev–Trinajstić information content (AvgIpc) is 3.23. The van der Waals surface area contributed by atoms with E-state index in [2.05, 4.69) is 32.9 Å². The lowest BCUT2D eigenvalue weighted by atomic mass is 9.59. The number of para-hydroxylation sites is 1. The van der Waals surface area contributed by atoms with Crippen LogP contribution in [0.25, 0.3) is 0 Å². The number of hydrogen-bond acceptors (Lipinski definition) is 5. The van der Waals surface area contributed by atoms with Crippen molar-refractivity contribution in [2.24, 2.45) is 15.8 Å². The topological polar surface area (TPSA) is 97.3 Å². The molecule has 1 amide bonds. The maximum Gasteiger partial charge on any atom is 0.245 e. The zero-order valence-corrected chi connectivity index (χ0v) is 21.6. The van der Waals surface area contributed by atoms with Crippen LogP contribution in [0.4, 0.5) is 5.69 Å². The quantitative estimate of drug-likeness (QED) is 0.549. The molecule has 1 spiro atoms. The van der Waals surface area contributed by atoms with Gasteiger partial charge in [0.05, 0.1) is 23.4 Å². The van der Waals surface area contributed by atoms with Gasteiger partial charge in [-0.1, -0.05) is 69.3 Å². The third-order valence-corrected chi connectivity index (χ3v) is 6.93. The molecule has 0 radical (unpaired) electrons. The van der Waals surface area contributed by atoms with Gasteiger partial charge in [-0.3, -0.25) is 14.6 Å². The van der Waals surface area contributed by atoms with Crippen LogP contribution in [0.3, 0.4) is 0 Å². The highest BCUT2D eigenvalue weighted by molar-refractivity contribution is 6.30. The highest BCUT2D eigenvalue weighted by atomic mass is 16.2. The fraction of sp³-hybridized carbons (Fsp3) is 0.367. The Morgan fingerprint density at radius 3 is 2.14 bits per heavy atom. The number of fused-ring (bicyclic) bond motifs is 2. The SMILES string of the molecule is CN1C(=O)[C@@]2(C(C(=O)c3ccccc3)=CC(=NC(C)(C)CC(C)(C)C)C2(C#N)C#N)c2ccccc21. The van der Waals surface area contributed by atoms with E-state index in [-0.39, 0.29) is 16.7 Å². The first kappa shape index (κ1) is 25.1. The number of allylic oxidation sites excluding steroid dienone is 1. The van der Waals surface area contributed by atoms with Gasteiger partial charge in [0.25, 0.3) is 0 Å². The summed E-state index contributed by atoms with van der Waals surface area (Å²) in [4.78, 5) is 34.6. The number of anilines is 1. The van der Waals surface area contributed by atoms with E-state index in [1.165, 1.54) is 11.0 Å². The van der Waals surface area contributed by atoms with E-state index in [1.807, 2.05) is 13.8 Å². The molecular formula is C30H30N4O2. The maximum atomic E-state index is 14.2. The van der Waals surface area contributed by atoms with Gasteiger partial charge in [0.15, 0.2) is 5.78 Å². The van der Waals surface area contributed by atoms with Crippen LogP contribution < -0.4 is 4.90 Å². The molecule has 2 aromatic rings. The molecule has 6 heteroatoms. The normalized spacial score (nSPS) is 21.8. The number of amides is 1. The summed E-state index contributed by atoms with van der Waals surface area (Å²) in [6.07, 6.45) is 2.20. The van der Waals surface area contributed by atoms with Crippen molar-refractivity contribution in [1.82, 2.24) is 0 Å². The molecule has 2 aromatic carbocycles. The van der Waals surface area contributed by atoms with Crippen molar-refractivity contribution in [3.8, 4) is 12.1 Å². The number of carbonyl (C=O) groups excluding carboxylic acids is 2. The van der Waals surface area contributed by atoms with Crippen LogP contribution in [0.2, 0.25) is 0 Å². The minimum absolute atomic E-state index is 0.0752. The number of nitriles is 2. The molecule has 0 N–H and O–H groups in total. The van der Waals surface area contributed by atoms with Crippen molar-refractivity contribution in [2.75, 3.05) is 11.9 Å². The molecule has 1 aliphatic carbocycles. The van der Waals surface area contributed by atoms with Crippen molar-refractivity contribution in [2.45, 2.75) is 52.0 Å². The van der Waals surface area contributed by atoms with Crippen LogP contribution in [0.5, 0.6) is 0 Å². The van der Waals surface area contributed by atoms with Crippen LogP contribution in [-0.4, -0.2) is 30.0 Å². The number of aliphatic imine (C=N–C) groups is 1. The van der Waals surface area contributed by atoms with Crippen LogP contribution in [0.15, 0.2) is 71.2 Å². The zero-order chi connectivity index (χ0) is 26.5. The molecule has 0 aromatic heterocycles. The Hall–Kier alpha value is -4.03. The summed E-state index contributed by atoms with van der Waals surface area (Å²) in [6, 6.07) is 20.0. The molecule has 4 rings (SSSR count). The van der Waals surface area contributed by atoms with Crippen molar-refractivity contribution in [1.29, 1.82) is 10.5 Å². The van der Waals surface area contributed by atoms with Gasteiger partial charge in [0.2, 0.25) is 11.3 Å². The second-order valence-electron chi connectivity index (χ2n) is 11.4. The molecule has 6 nitrogen and oxygen atoms in total. The van der Waals surface area contributed by atoms with Crippen molar-refractivity contribution >= 4 is 23.1 Å². The highest BCUT2D eigenvalue weighted by Gasteiger charge is 2.72. The third-order valence-electron chi connectivity index (χ3n) is 6.93. The van der Waals surface area contributed by atoms with Gasteiger partial charge < -0.3 is 4.90 Å². The molecule has 36 heavy (non-hydrogen) atoms. The van der Waals surface area contributed by atoms with E-state index in [0.29, 0.717) is 23.2 Å². The predicted octanol–water partition coefficient (Wildman–Crippen LogP) is 5.41. The van der Waals surface area contributed by atoms with Gasteiger partial charge in [0.1, 0.15) is 5.41 Å². The van der Waals surface area contributed by atoms with E-state index in [0.717, 1.165) is 0 Å².